The fraction of sp³-hybridized carbons (Fsp3) is 0.321. The molecular formula is C56H52N4O9. The molecular weight excluding hydrogens is 873 g/mol. The largest absolute Gasteiger partial charge is 0.508 e. The summed E-state index contributed by atoms with van der Waals surface area (Å²) in [5.74, 6) is 3.38. The minimum Gasteiger partial charge on any atom is -0.508 e. The van der Waals surface area contributed by atoms with Gasteiger partial charge in [-0.1, -0.05) is 110 Å². The van der Waals surface area contributed by atoms with E-state index in [9.17, 15) is 20.0 Å². The fourth-order valence-electron chi connectivity index (χ4n) is 11.3. The van der Waals surface area contributed by atoms with Crippen LogP contribution in [0.5, 0.6) is 5.75 Å². The molecule has 13 nitrogen and oxygen atoms in total. The summed E-state index contributed by atoms with van der Waals surface area (Å²) >= 11 is 0. The average molecular weight is 925 g/mol. The van der Waals surface area contributed by atoms with E-state index in [-0.39, 0.29) is 23.7 Å². The lowest BCUT2D eigenvalue weighted by atomic mass is 9.64. The van der Waals surface area contributed by atoms with E-state index in [4.69, 9.17) is 9.47 Å². The number of esters is 1. The Balaban J connectivity index is 1.23. The number of phenols is 1. The van der Waals surface area contributed by atoms with Crippen LogP contribution in [-0.2, 0) is 35.9 Å². The van der Waals surface area contributed by atoms with E-state index in [1.54, 1.807) is 35.2 Å². The number of rotatable bonds is 7. The molecule has 10 rings (SSSR count). The molecule has 3 saturated heterocycles. The number of nitrogens with zero attached hydrogens (tertiary/aromatic N) is 4. The predicted octanol–water partition coefficient (Wildman–Crippen LogP) is 9.95. The molecule has 4 aliphatic heterocycles. The van der Waals surface area contributed by atoms with Crippen molar-refractivity contribution in [2.45, 2.75) is 94.0 Å². The zero-order valence-electron chi connectivity index (χ0n) is 38.1. The van der Waals surface area contributed by atoms with E-state index >= 15 is 14.4 Å². The van der Waals surface area contributed by atoms with Gasteiger partial charge in [-0.2, -0.15) is 0 Å². The molecule has 0 bridgehead atoms. The Morgan fingerprint density at radius 1 is 0.768 bits per heavy atom. The average Bonchev–Trinajstić information content (AvgIpc) is 3.82. The number of phenolic OH excluding ortho intramolecular Hbond substituents is 1. The summed E-state index contributed by atoms with van der Waals surface area (Å²) in [5, 5.41) is 22.2. The van der Waals surface area contributed by atoms with Crippen LogP contribution in [-0.4, -0.2) is 62.8 Å². The van der Waals surface area contributed by atoms with E-state index in [0.717, 1.165) is 73.8 Å². The number of nitro benzene ring substituents is 1. The molecule has 350 valence electrons. The molecule has 4 heterocycles. The van der Waals surface area contributed by atoms with Gasteiger partial charge in [0.2, 0.25) is 11.8 Å². The van der Waals surface area contributed by atoms with Gasteiger partial charge < -0.3 is 19.5 Å². The predicted molar refractivity (Wildman–Crippen MR) is 256 cm³/mol. The first-order valence-electron chi connectivity index (χ1n) is 23.9. The molecule has 0 saturated carbocycles. The van der Waals surface area contributed by atoms with Gasteiger partial charge in [0, 0.05) is 30.8 Å². The van der Waals surface area contributed by atoms with Crippen molar-refractivity contribution < 1.29 is 38.7 Å². The summed E-state index contributed by atoms with van der Waals surface area (Å²) in [6.45, 7) is 0.498. The van der Waals surface area contributed by atoms with E-state index in [1.807, 2.05) is 65.6 Å². The third-order valence-electron chi connectivity index (χ3n) is 14.5. The highest BCUT2D eigenvalue weighted by molar-refractivity contribution is 6.23. The Morgan fingerprint density at radius 2 is 1.45 bits per heavy atom. The third-order valence-corrected chi connectivity index (χ3v) is 14.5. The van der Waals surface area contributed by atoms with Gasteiger partial charge in [0.25, 0.3) is 5.69 Å². The second-order valence-corrected chi connectivity index (χ2v) is 18.5. The molecule has 5 aromatic rings. The van der Waals surface area contributed by atoms with Crippen LogP contribution in [0.25, 0.3) is 0 Å². The van der Waals surface area contributed by atoms with Crippen LogP contribution >= 0.6 is 0 Å². The number of anilines is 1. The van der Waals surface area contributed by atoms with Gasteiger partial charge in [-0.15, -0.1) is 0 Å². The summed E-state index contributed by atoms with van der Waals surface area (Å²) in [7, 11) is 0. The number of carbonyl (C=O) groups is 4. The van der Waals surface area contributed by atoms with Gasteiger partial charge in [0.1, 0.15) is 29.9 Å². The molecule has 1 spiro atoms. The highest BCUT2D eigenvalue weighted by atomic mass is 16.6. The number of cyclic esters (lactones) is 1. The maximum absolute atomic E-state index is 16.6. The number of fused-ring (bicyclic) bond motifs is 3. The second-order valence-electron chi connectivity index (χ2n) is 18.5. The number of ether oxygens (including phenoxy) is 2. The minimum absolute atomic E-state index is 0.0281. The number of non-ortho nitro benzene ring substituents is 1. The minimum atomic E-state index is -2.00. The summed E-state index contributed by atoms with van der Waals surface area (Å²) in [5.41, 5.74) is 2.38. The van der Waals surface area contributed by atoms with Crippen molar-refractivity contribution in [2.24, 2.45) is 5.92 Å². The monoisotopic (exact) mass is 924 g/mol. The zero-order valence-corrected chi connectivity index (χ0v) is 38.1. The molecule has 3 amide bonds. The third kappa shape index (κ3) is 8.33. The van der Waals surface area contributed by atoms with E-state index in [1.165, 1.54) is 36.4 Å². The molecule has 13 heteroatoms. The Labute approximate surface area is 400 Å². The normalized spacial score (nSPS) is 24.5. The number of aromatic hydroxyl groups is 1. The Morgan fingerprint density at radius 3 is 2.12 bits per heavy atom. The van der Waals surface area contributed by atoms with Crippen LogP contribution < -0.4 is 4.90 Å². The molecule has 3 fully saturated rings. The molecule has 5 aliphatic rings. The van der Waals surface area contributed by atoms with Gasteiger partial charge in [-0.25, -0.2) is 9.69 Å². The standard InChI is InChI=1S/C56H52N4O9/c61-44-30-26-42(27-31-44)51-56(45-35-38(22-21-37-15-7-4-8-16-37)25-32-46(45)58(54(56)64)55(65)68-36-39-23-28-43(29-24-39)60(66)67)47(52(62)57-33-13-2-1-3-14-34-57)49-53(63)69-50(41-19-11-6-12-20-41)48(59(49)51)40-17-9-5-10-18-40/h5-6,9-12,15,17-20,23-32,35,47-51,61H,1-4,7-8,13-14,16,33-34,36H2/t47-,48-,49-,50+,51+,56-/m1/s1. The van der Waals surface area contributed by atoms with Crippen molar-refractivity contribution in [1.29, 1.82) is 0 Å². The number of imide groups is 1. The quantitative estimate of drug-likeness (QED) is 0.0721. The van der Waals surface area contributed by atoms with Crippen molar-refractivity contribution in [3.8, 4) is 17.6 Å². The topological polar surface area (TPSA) is 160 Å². The molecule has 6 atom stereocenters. The first-order valence-corrected chi connectivity index (χ1v) is 23.9. The summed E-state index contributed by atoms with van der Waals surface area (Å²) in [6, 6.07) is 33.0. The van der Waals surface area contributed by atoms with Crippen LogP contribution in [0, 0.1) is 27.9 Å². The van der Waals surface area contributed by atoms with Gasteiger partial charge in [0.05, 0.1) is 28.6 Å². The number of nitro groups is 1. The number of carbonyl (C=O) groups excluding carboxylic acids is 4. The summed E-state index contributed by atoms with van der Waals surface area (Å²) in [4.78, 5) is 78.8. The van der Waals surface area contributed by atoms with E-state index in [2.05, 4.69) is 17.9 Å². The van der Waals surface area contributed by atoms with Crippen molar-refractivity contribution in [2.75, 3.05) is 18.0 Å². The molecule has 69 heavy (non-hydrogen) atoms. The van der Waals surface area contributed by atoms with Crippen molar-refractivity contribution in [3.05, 3.63) is 183 Å². The number of benzene rings is 5. The lowest BCUT2D eigenvalue weighted by molar-refractivity contribution is -0.384. The number of morpholine rings is 1. The highest BCUT2D eigenvalue weighted by Crippen LogP contribution is 2.66. The van der Waals surface area contributed by atoms with Crippen molar-refractivity contribution >= 4 is 35.3 Å². The maximum atomic E-state index is 16.6. The van der Waals surface area contributed by atoms with Crippen LogP contribution in [0.2, 0.25) is 0 Å². The molecule has 1 N–H and O–H groups in total. The fourth-order valence-corrected chi connectivity index (χ4v) is 11.3. The lowest BCUT2D eigenvalue weighted by Crippen LogP contribution is -2.56. The number of allylic oxidation sites excluding steroid dienone is 2. The number of hydrogen-bond acceptors (Lipinski definition) is 10. The Hall–Kier alpha value is -7.56. The number of likely N-dealkylation sites (tertiary alicyclic amines) is 1. The van der Waals surface area contributed by atoms with Crippen LogP contribution in [0.3, 0.4) is 0 Å². The van der Waals surface area contributed by atoms with Crippen molar-refractivity contribution in [1.82, 2.24) is 9.80 Å². The molecule has 1 aliphatic carbocycles. The first-order chi connectivity index (χ1) is 33.6. The lowest BCUT2D eigenvalue weighted by Gasteiger charge is -2.46. The summed E-state index contributed by atoms with van der Waals surface area (Å²) < 4.78 is 12.6. The van der Waals surface area contributed by atoms with Crippen LogP contribution in [0.15, 0.2) is 139 Å². The van der Waals surface area contributed by atoms with Crippen molar-refractivity contribution in [3.63, 3.8) is 0 Å². The first kappa shape index (κ1) is 45.2. The molecule has 0 unspecified atom stereocenters. The molecule has 0 aromatic heterocycles. The smallest absolute Gasteiger partial charge is 0.421 e. The van der Waals surface area contributed by atoms with Crippen LogP contribution in [0.1, 0.15) is 109 Å². The molecule has 0 radical (unpaired) electrons. The number of amides is 3. The molecule has 5 aromatic carbocycles. The van der Waals surface area contributed by atoms with Gasteiger partial charge >= 0.3 is 12.1 Å². The second kappa shape index (κ2) is 19.2. The van der Waals surface area contributed by atoms with E-state index < -0.39 is 64.4 Å². The van der Waals surface area contributed by atoms with Gasteiger partial charge in [0.15, 0.2) is 0 Å². The van der Waals surface area contributed by atoms with E-state index in [0.29, 0.717) is 40.9 Å². The Bertz CT molecular complexity index is 2870. The maximum Gasteiger partial charge on any atom is 0.421 e. The highest BCUT2D eigenvalue weighted by Gasteiger charge is 2.76. The number of hydrogen-bond donors (Lipinski definition) is 1. The summed E-state index contributed by atoms with van der Waals surface area (Å²) in [6.07, 6.45) is 8.41. The van der Waals surface area contributed by atoms with Crippen LogP contribution in [0.4, 0.5) is 16.2 Å². The van der Waals surface area contributed by atoms with Gasteiger partial charge in [-0.05, 0) is 114 Å². The van der Waals surface area contributed by atoms with Gasteiger partial charge in [-0.3, -0.25) is 29.4 Å². The Kier molecular flexibility index (Phi) is 12.6. The SMILES string of the molecule is O=C1O[C@@H](c2ccccc2)[C@@H](c2ccccc2)N2[C@@H](c3ccc(O)cc3)[C@]3(C(=O)N(C(=O)OCc4ccc([N+](=O)[O-])cc4)c4ccc(C#CC5=CCCCC5)cc43)[C@@H](C(=O)N3CCCCCCC3)[C@H]12. The zero-order chi connectivity index (χ0) is 47.6.